The molecule has 1 unspecified atom stereocenters. The Kier molecular flexibility index (Phi) is 4.17. The van der Waals surface area contributed by atoms with Gasteiger partial charge in [0.2, 0.25) is 0 Å². The summed E-state index contributed by atoms with van der Waals surface area (Å²) in [7, 11) is 0. The molecule has 19 heavy (non-hydrogen) atoms. The van der Waals surface area contributed by atoms with Crippen LogP contribution in [0.5, 0.6) is 0 Å². The van der Waals surface area contributed by atoms with Gasteiger partial charge in [0.25, 0.3) is 0 Å². The van der Waals surface area contributed by atoms with E-state index in [4.69, 9.17) is 28.9 Å². The molecule has 1 atom stereocenters. The summed E-state index contributed by atoms with van der Waals surface area (Å²) in [6.45, 7) is 1.89. The van der Waals surface area contributed by atoms with Crippen molar-refractivity contribution in [2.24, 2.45) is 0 Å². The number of benzene rings is 2. The molecule has 0 aromatic heterocycles. The van der Waals surface area contributed by atoms with E-state index < -0.39 is 5.82 Å². The van der Waals surface area contributed by atoms with E-state index >= 15 is 0 Å². The maximum absolute atomic E-state index is 13.7. The van der Waals surface area contributed by atoms with Crippen molar-refractivity contribution in [1.82, 2.24) is 0 Å². The van der Waals surface area contributed by atoms with Gasteiger partial charge in [-0.25, -0.2) is 4.39 Å². The second-order valence-corrected chi connectivity index (χ2v) is 5.11. The average molecular weight is 299 g/mol. The molecular weight excluding hydrogens is 286 g/mol. The smallest absolute Gasteiger partial charge is 0.148 e. The predicted octanol–water partition coefficient (Wildman–Crippen LogP) is 4.89. The van der Waals surface area contributed by atoms with Crippen LogP contribution < -0.4 is 11.1 Å². The Bertz CT molecular complexity index is 602. The molecule has 100 valence electrons. The minimum atomic E-state index is -0.392. The first kappa shape index (κ1) is 14.0. The maximum atomic E-state index is 13.7. The van der Waals surface area contributed by atoms with Crippen LogP contribution in [0, 0.1) is 5.82 Å². The summed E-state index contributed by atoms with van der Waals surface area (Å²) in [4.78, 5) is 0. The second-order valence-electron chi connectivity index (χ2n) is 4.27. The number of hydrogen-bond acceptors (Lipinski definition) is 2. The van der Waals surface area contributed by atoms with E-state index in [-0.39, 0.29) is 6.04 Å². The van der Waals surface area contributed by atoms with Crippen LogP contribution in [-0.4, -0.2) is 0 Å². The standard InChI is InChI=1S/C14H13Cl2FN2/c1-8(11-4-2-9(15)6-12(11)16)19-14-5-3-10(18)7-13(14)17/h2-8,19H,18H2,1H3. The van der Waals surface area contributed by atoms with Crippen LogP contribution in [0.3, 0.4) is 0 Å². The van der Waals surface area contributed by atoms with E-state index in [0.717, 1.165) is 5.56 Å². The van der Waals surface area contributed by atoms with Crippen molar-refractivity contribution in [3.8, 4) is 0 Å². The molecule has 0 bridgehead atoms. The molecule has 0 aliphatic rings. The molecule has 0 aliphatic carbocycles. The predicted molar refractivity (Wildman–Crippen MR) is 79.3 cm³/mol. The Balaban J connectivity index is 2.23. The quantitative estimate of drug-likeness (QED) is 0.792. The van der Waals surface area contributed by atoms with Crippen molar-refractivity contribution >= 4 is 34.6 Å². The highest BCUT2D eigenvalue weighted by Crippen LogP contribution is 2.29. The third kappa shape index (κ3) is 3.31. The Morgan fingerprint density at radius 2 is 1.89 bits per heavy atom. The fourth-order valence-corrected chi connectivity index (χ4v) is 2.38. The zero-order valence-corrected chi connectivity index (χ0v) is 11.8. The van der Waals surface area contributed by atoms with Gasteiger partial charge < -0.3 is 11.1 Å². The summed E-state index contributed by atoms with van der Waals surface area (Å²) >= 11 is 12.0. The summed E-state index contributed by atoms with van der Waals surface area (Å²) in [5.41, 5.74) is 7.13. The van der Waals surface area contributed by atoms with Gasteiger partial charge in [-0.2, -0.15) is 0 Å². The lowest BCUT2D eigenvalue weighted by molar-refractivity contribution is 0.628. The molecule has 0 amide bonds. The van der Waals surface area contributed by atoms with Gasteiger partial charge in [0, 0.05) is 15.7 Å². The highest BCUT2D eigenvalue weighted by atomic mass is 35.5. The first-order valence-electron chi connectivity index (χ1n) is 5.74. The van der Waals surface area contributed by atoms with E-state index in [0.29, 0.717) is 21.4 Å². The number of nitrogen functional groups attached to an aromatic ring is 1. The Morgan fingerprint density at radius 3 is 2.53 bits per heavy atom. The molecule has 0 saturated carbocycles. The molecule has 3 N–H and O–H groups in total. The number of anilines is 2. The fourth-order valence-electron chi connectivity index (χ4n) is 1.81. The number of halogens is 3. The fraction of sp³-hybridized carbons (Fsp3) is 0.143. The van der Waals surface area contributed by atoms with E-state index in [2.05, 4.69) is 5.32 Å². The van der Waals surface area contributed by atoms with Crippen LogP contribution in [0.15, 0.2) is 36.4 Å². The Morgan fingerprint density at radius 1 is 1.16 bits per heavy atom. The zero-order valence-electron chi connectivity index (χ0n) is 10.3. The van der Waals surface area contributed by atoms with Crippen molar-refractivity contribution in [3.63, 3.8) is 0 Å². The van der Waals surface area contributed by atoms with Gasteiger partial charge in [0.05, 0.1) is 11.7 Å². The molecule has 0 saturated heterocycles. The number of nitrogens with two attached hydrogens (primary N) is 1. The number of rotatable bonds is 3. The van der Waals surface area contributed by atoms with E-state index in [1.54, 1.807) is 24.3 Å². The highest BCUT2D eigenvalue weighted by Gasteiger charge is 2.12. The molecule has 0 heterocycles. The van der Waals surface area contributed by atoms with Crippen LogP contribution in [-0.2, 0) is 0 Å². The van der Waals surface area contributed by atoms with Crippen LogP contribution in [0.1, 0.15) is 18.5 Å². The minimum Gasteiger partial charge on any atom is -0.399 e. The van der Waals surface area contributed by atoms with Crippen LogP contribution in [0.4, 0.5) is 15.8 Å². The molecule has 5 heteroatoms. The van der Waals surface area contributed by atoms with Gasteiger partial charge >= 0.3 is 0 Å². The van der Waals surface area contributed by atoms with Gasteiger partial charge in [0.1, 0.15) is 5.82 Å². The van der Waals surface area contributed by atoms with Crippen LogP contribution in [0.2, 0.25) is 10.0 Å². The first-order valence-corrected chi connectivity index (χ1v) is 6.49. The molecule has 2 nitrogen and oxygen atoms in total. The average Bonchev–Trinajstić information content (AvgIpc) is 2.32. The summed E-state index contributed by atoms with van der Waals surface area (Å²) in [6, 6.07) is 9.60. The molecule has 2 aromatic carbocycles. The number of hydrogen-bond donors (Lipinski definition) is 2. The summed E-state index contributed by atoms with van der Waals surface area (Å²) in [5.74, 6) is -0.392. The normalized spacial score (nSPS) is 12.2. The third-order valence-electron chi connectivity index (χ3n) is 2.79. The molecule has 0 spiro atoms. The summed E-state index contributed by atoms with van der Waals surface area (Å²) < 4.78 is 13.7. The lowest BCUT2D eigenvalue weighted by Crippen LogP contribution is -2.08. The van der Waals surface area contributed by atoms with E-state index in [1.807, 2.05) is 13.0 Å². The number of nitrogens with one attached hydrogen (secondary N) is 1. The Labute approximate surface area is 121 Å². The van der Waals surface area contributed by atoms with E-state index in [1.165, 1.54) is 6.07 Å². The lowest BCUT2D eigenvalue weighted by atomic mass is 10.1. The molecule has 2 aromatic rings. The van der Waals surface area contributed by atoms with E-state index in [9.17, 15) is 4.39 Å². The van der Waals surface area contributed by atoms with Crippen molar-refractivity contribution < 1.29 is 4.39 Å². The SMILES string of the molecule is CC(Nc1ccc(N)cc1F)c1ccc(Cl)cc1Cl. The first-order chi connectivity index (χ1) is 8.97. The summed E-state index contributed by atoms with van der Waals surface area (Å²) in [6.07, 6.45) is 0. The zero-order chi connectivity index (χ0) is 14.0. The molecule has 0 aliphatic heterocycles. The minimum absolute atomic E-state index is 0.150. The largest absolute Gasteiger partial charge is 0.399 e. The van der Waals surface area contributed by atoms with Gasteiger partial charge in [-0.05, 0) is 42.8 Å². The lowest BCUT2D eigenvalue weighted by Gasteiger charge is -2.17. The summed E-state index contributed by atoms with van der Waals surface area (Å²) in [5, 5.41) is 4.17. The topological polar surface area (TPSA) is 38.0 Å². The van der Waals surface area contributed by atoms with Crippen molar-refractivity contribution in [2.75, 3.05) is 11.1 Å². The van der Waals surface area contributed by atoms with Crippen molar-refractivity contribution in [2.45, 2.75) is 13.0 Å². The van der Waals surface area contributed by atoms with Gasteiger partial charge in [0.15, 0.2) is 0 Å². The van der Waals surface area contributed by atoms with Gasteiger partial charge in [-0.1, -0.05) is 29.3 Å². The second kappa shape index (κ2) is 5.68. The molecular formula is C14H13Cl2FN2. The highest BCUT2D eigenvalue weighted by molar-refractivity contribution is 6.35. The molecule has 0 fully saturated rings. The van der Waals surface area contributed by atoms with Gasteiger partial charge in [-0.3, -0.25) is 0 Å². The third-order valence-corrected chi connectivity index (χ3v) is 3.36. The van der Waals surface area contributed by atoms with Crippen LogP contribution >= 0.6 is 23.2 Å². The maximum Gasteiger partial charge on any atom is 0.148 e. The van der Waals surface area contributed by atoms with Crippen molar-refractivity contribution in [3.05, 3.63) is 57.8 Å². The van der Waals surface area contributed by atoms with Crippen LogP contribution in [0.25, 0.3) is 0 Å². The molecule has 0 radical (unpaired) electrons. The molecule has 2 rings (SSSR count). The van der Waals surface area contributed by atoms with Gasteiger partial charge in [-0.15, -0.1) is 0 Å². The monoisotopic (exact) mass is 298 g/mol. The Hall–Kier alpha value is -1.45. The van der Waals surface area contributed by atoms with Crippen molar-refractivity contribution in [1.29, 1.82) is 0 Å².